The number of aliphatic hydroxyl groups is 6. The second kappa shape index (κ2) is 13.4. The molecular weight excluding hydrogens is 648 g/mol. The minimum Gasteiger partial charge on any atom is -0.388 e. The van der Waals surface area contributed by atoms with Crippen molar-refractivity contribution >= 4 is 0 Å². The Hall–Kier alpha value is -0.480. The van der Waals surface area contributed by atoms with E-state index in [0.29, 0.717) is 47.5 Å². The molecule has 0 aromatic carbocycles. The van der Waals surface area contributed by atoms with Gasteiger partial charge in [-0.2, -0.15) is 0 Å². The molecule has 4 aliphatic heterocycles. The van der Waals surface area contributed by atoms with E-state index in [9.17, 15) is 30.6 Å². The van der Waals surface area contributed by atoms with Crippen molar-refractivity contribution in [3.05, 3.63) is 0 Å². The highest BCUT2D eigenvalue weighted by Crippen LogP contribution is 2.71. The third kappa shape index (κ3) is 5.77. The first kappa shape index (κ1) is 36.5. The summed E-state index contributed by atoms with van der Waals surface area (Å²) in [5.41, 5.74) is 0.502. The summed E-state index contributed by atoms with van der Waals surface area (Å²) >= 11 is 0. The number of ether oxygens (including phenoxy) is 6. The molecule has 0 aromatic rings. The van der Waals surface area contributed by atoms with Crippen LogP contribution in [0, 0.1) is 52.3 Å². The Bertz CT molecular complexity index is 1210. The topological polar surface area (TPSA) is 177 Å². The second-order valence-corrected chi connectivity index (χ2v) is 18.3. The minimum atomic E-state index is -1.52. The SMILES string of the molecule is CC1CCC2(OC1)OC1CC3C4CCC5C[C@@H](O[C@@H]6O[C@H](CO[C@@H]7OC[C@@H](O)[C@H](O)[C@H]7O)[C@H](O)[C@H](O)[C@H]6O)CC[C@]5(C)C4CC[C@]3(C)C1C2C. The van der Waals surface area contributed by atoms with Gasteiger partial charge in [-0.3, -0.25) is 0 Å². The van der Waals surface area contributed by atoms with Gasteiger partial charge in [0.1, 0.15) is 42.7 Å². The van der Waals surface area contributed by atoms with Crippen LogP contribution in [0.1, 0.15) is 91.9 Å². The predicted molar refractivity (Wildman–Crippen MR) is 177 cm³/mol. The van der Waals surface area contributed by atoms with Crippen molar-refractivity contribution in [2.75, 3.05) is 19.8 Å². The normalized spacial score (nSPS) is 59.4. The Balaban J connectivity index is 0.889. The number of aliphatic hydroxyl groups excluding tert-OH is 6. The highest BCUT2D eigenvalue weighted by molar-refractivity contribution is 5.15. The maximum atomic E-state index is 10.9. The maximum absolute atomic E-state index is 10.9. The fourth-order valence-electron chi connectivity index (χ4n) is 12.8. The fourth-order valence-corrected chi connectivity index (χ4v) is 12.8. The van der Waals surface area contributed by atoms with E-state index in [0.717, 1.165) is 45.1 Å². The third-order valence-electron chi connectivity index (χ3n) is 15.8. The predicted octanol–water partition coefficient (Wildman–Crippen LogP) is 2.08. The molecule has 8 fully saturated rings. The third-order valence-corrected chi connectivity index (χ3v) is 15.8. The molecule has 0 radical (unpaired) electrons. The fraction of sp³-hybridized carbons (Fsp3) is 1.00. The Kier molecular flexibility index (Phi) is 9.76. The van der Waals surface area contributed by atoms with E-state index in [2.05, 4.69) is 27.7 Å². The zero-order valence-electron chi connectivity index (χ0n) is 30.2. The van der Waals surface area contributed by atoms with E-state index in [4.69, 9.17) is 28.4 Å². The van der Waals surface area contributed by atoms with Gasteiger partial charge < -0.3 is 59.1 Å². The molecule has 9 unspecified atom stereocenters. The summed E-state index contributed by atoms with van der Waals surface area (Å²) in [4.78, 5) is 0. The molecule has 12 nitrogen and oxygen atoms in total. The van der Waals surface area contributed by atoms with E-state index in [1.165, 1.54) is 25.7 Å². The molecule has 0 amide bonds. The van der Waals surface area contributed by atoms with Crippen LogP contribution in [-0.4, -0.2) is 124 Å². The van der Waals surface area contributed by atoms with Crippen molar-refractivity contribution in [2.45, 2.75) is 165 Å². The number of hydrogen-bond acceptors (Lipinski definition) is 12. The van der Waals surface area contributed by atoms with Crippen LogP contribution < -0.4 is 0 Å². The lowest BCUT2D eigenvalue weighted by molar-refractivity contribution is -0.331. The first-order valence-corrected chi connectivity index (χ1v) is 19.7. The summed E-state index contributed by atoms with van der Waals surface area (Å²) in [6.07, 6.45) is -0.982. The molecule has 4 aliphatic carbocycles. The Labute approximate surface area is 296 Å². The van der Waals surface area contributed by atoms with Gasteiger partial charge in [0.25, 0.3) is 0 Å². The van der Waals surface area contributed by atoms with Crippen LogP contribution >= 0.6 is 0 Å². The second-order valence-electron chi connectivity index (χ2n) is 18.3. The summed E-state index contributed by atoms with van der Waals surface area (Å²) in [5.74, 6) is 3.74. The van der Waals surface area contributed by atoms with Crippen LogP contribution in [0.15, 0.2) is 0 Å². The molecule has 12 heteroatoms. The Morgan fingerprint density at radius 2 is 1.48 bits per heavy atom. The van der Waals surface area contributed by atoms with Gasteiger partial charge in [-0.05, 0) is 104 Å². The summed E-state index contributed by atoms with van der Waals surface area (Å²) in [6, 6.07) is 0. The van der Waals surface area contributed by atoms with Gasteiger partial charge in [0, 0.05) is 12.3 Å². The van der Waals surface area contributed by atoms with E-state index in [1.54, 1.807) is 0 Å². The molecule has 6 N–H and O–H groups in total. The van der Waals surface area contributed by atoms with Gasteiger partial charge in [-0.25, -0.2) is 0 Å². The molecule has 4 saturated carbocycles. The molecule has 0 aromatic heterocycles. The highest BCUT2D eigenvalue weighted by atomic mass is 16.7. The van der Waals surface area contributed by atoms with E-state index in [1.807, 2.05) is 0 Å². The smallest absolute Gasteiger partial charge is 0.186 e. The van der Waals surface area contributed by atoms with Crippen LogP contribution in [0.5, 0.6) is 0 Å². The van der Waals surface area contributed by atoms with Gasteiger partial charge in [0.15, 0.2) is 18.4 Å². The number of fused-ring (bicyclic) bond motifs is 7. The monoisotopic (exact) mass is 710 g/mol. The van der Waals surface area contributed by atoms with Crippen LogP contribution in [-0.2, 0) is 28.4 Å². The van der Waals surface area contributed by atoms with E-state index < -0.39 is 55.3 Å². The minimum absolute atomic E-state index is 0.156. The molecule has 4 saturated heterocycles. The quantitative estimate of drug-likeness (QED) is 0.230. The van der Waals surface area contributed by atoms with Gasteiger partial charge >= 0.3 is 0 Å². The van der Waals surface area contributed by atoms with Crippen molar-refractivity contribution in [3.63, 3.8) is 0 Å². The van der Waals surface area contributed by atoms with Crippen LogP contribution in [0.25, 0.3) is 0 Å². The molecule has 50 heavy (non-hydrogen) atoms. The van der Waals surface area contributed by atoms with E-state index in [-0.39, 0.29) is 35.9 Å². The molecular formula is C38H62O12. The average molecular weight is 711 g/mol. The van der Waals surface area contributed by atoms with Crippen molar-refractivity contribution in [1.82, 2.24) is 0 Å². The standard InChI is InChI=1S/C38H62O12/c1-18-7-12-38(47-15-18)19(2)28-26(50-38)14-24-22-6-5-20-13-21(8-10-36(20,3)23(22)9-11-37(24,28)4)48-35-33(44)31(42)30(41)27(49-35)17-46-34-32(43)29(40)25(39)16-45-34/h18-35,39-44H,5-17H2,1-4H3/t18?,19?,20?,21-,22?,23?,24?,25+,26?,27+,28?,29-,30-,31-,32+,33+,34-,35+,36-,37-,38?/m0/s1. The summed E-state index contributed by atoms with van der Waals surface area (Å²) in [5, 5.41) is 62.2. The van der Waals surface area contributed by atoms with Crippen molar-refractivity contribution in [2.24, 2.45) is 52.3 Å². The summed E-state index contributed by atoms with van der Waals surface area (Å²) in [7, 11) is 0. The maximum Gasteiger partial charge on any atom is 0.186 e. The van der Waals surface area contributed by atoms with Crippen molar-refractivity contribution in [1.29, 1.82) is 0 Å². The zero-order chi connectivity index (χ0) is 35.3. The lowest BCUT2D eigenvalue weighted by Gasteiger charge is -2.61. The average Bonchev–Trinajstić information content (AvgIpc) is 3.54. The Morgan fingerprint density at radius 3 is 2.24 bits per heavy atom. The van der Waals surface area contributed by atoms with Crippen LogP contribution in [0.2, 0.25) is 0 Å². The number of rotatable bonds is 5. The van der Waals surface area contributed by atoms with E-state index >= 15 is 0 Å². The molecule has 4 heterocycles. The molecule has 21 atom stereocenters. The van der Waals surface area contributed by atoms with Crippen molar-refractivity contribution < 1.29 is 59.1 Å². The van der Waals surface area contributed by atoms with Crippen LogP contribution in [0.3, 0.4) is 0 Å². The van der Waals surface area contributed by atoms with Gasteiger partial charge in [-0.15, -0.1) is 0 Å². The molecule has 8 rings (SSSR count). The summed E-state index contributed by atoms with van der Waals surface area (Å²) in [6.45, 7) is 10.1. The molecule has 8 aliphatic rings. The van der Waals surface area contributed by atoms with Gasteiger partial charge in [0.05, 0.1) is 32.0 Å². The first-order chi connectivity index (χ1) is 23.8. The zero-order valence-corrected chi connectivity index (χ0v) is 30.2. The molecule has 0 bridgehead atoms. The van der Waals surface area contributed by atoms with Crippen LogP contribution in [0.4, 0.5) is 0 Å². The molecule has 1 spiro atoms. The van der Waals surface area contributed by atoms with Gasteiger partial charge in [-0.1, -0.05) is 27.7 Å². The number of hydrogen-bond donors (Lipinski definition) is 6. The lowest BCUT2D eigenvalue weighted by atomic mass is 9.44. The highest BCUT2D eigenvalue weighted by Gasteiger charge is 2.69. The first-order valence-electron chi connectivity index (χ1n) is 19.7. The van der Waals surface area contributed by atoms with Crippen molar-refractivity contribution in [3.8, 4) is 0 Å². The van der Waals surface area contributed by atoms with Gasteiger partial charge in [0.2, 0.25) is 0 Å². The largest absolute Gasteiger partial charge is 0.388 e. The summed E-state index contributed by atoms with van der Waals surface area (Å²) < 4.78 is 36.8. The molecule has 286 valence electrons. The lowest BCUT2D eigenvalue weighted by Crippen LogP contribution is -2.61. The Morgan fingerprint density at radius 1 is 0.720 bits per heavy atom.